The van der Waals surface area contributed by atoms with E-state index in [9.17, 15) is 14.9 Å². The molecule has 0 aromatic heterocycles. The van der Waals surface area contributed by atoms with Gasteiger partial charge in [-0.3, -0.25) is 10.1 Å². The standard InChI is InChI=1S/C9H9NO3S/c1-6(5-11)8-4-7(14)2-3-9(8)10(12)13/h2-6,14H,1H3. The summed E-state index contributed by atoms with van der Waals surface area (Å²) < 4.78 is 0. The lowest BCUT2D eigenvalue weighted by atomic mass is 10.0. The van der Waals surface area contributed by atoms with Gasteiger partial charge in [0.25, 0.3) is 5.69 Å². The minimum atomic E-state index is -0.497. The second kappa shape index (κ2) is 4.23. The summed E-state index contributed by atoms with van der Waals surface area (Å²) in [7, 11) is 0. The van der Waals surface area contributed by atoms with E-state index < -0.39 is 10.8 Å². The molecular formula is C9H9NO3S. The number of nitro groups is 1. The number of thiol groups is 1. The highest BCUT2D eigenvalue weighted by Crippen LogP contribution is 2.27. The molecule has 1 unspecified atom stereocenters. The average molecular weight is 211 g/mol. The molecule has 0 aliphatic carbocycles. The maximum atomic E-state index is 10.6. The van der Waals surface area contributed by atoms with E-state index in [-0.39, 0.29) is 5.69 Å². The lowest BCUT2D eigenvalue weighted by molar-refractivity contribution is -0.385. The number of carbonyl (C=O) groups is 1. The summed E-state index contributed by atoms with van der Waals surface area (Å²) >= 11 is 4.06. The molecule has 1 aromatic carbocycles. The number of nitrogens with zero attached hydrogens (tertiary/aromatic N) is 1. The second-order valence-corrected chi connectivity index (χ2v) is 3.44. The number of carbonyl (C=O) groups excluding carboxylic acids is 1. The van der Waals surface area contributed by atoms with E-state index in [0.29, 0.717) is 16.7 Å². The van der Waals surface area contributed by atoms with Gasteiger partial charge in [-0.1, -0.05) is 6.92 Å². The van der Waals surface area contributed by atoms with Crippen LogP contribution >= 0.6 is 12.6 Å². The summed E-state index contributed by atoms with van der Waals surface area (Å²) in [5.41, 5.74) is 0.361. The molecule has 0 amide bonds. The van der Waals surface area contributed by atoms with E-state index in [4.69, 9.17) is 0 Å². The third-order valence-electron chi connectivity index (χ3n) is 1.90. The summed E-state index contributed by atoms with van der Waals surface area (Å²) in [6.45, 7) is 1.61. The molecule has 0 aliphatic rings. The van der Waals surface area contributed by atoms with Gasteiger partial charge >= 0.3 is 0 Å². The largest absolute Gasteiger partial charge is 0.303 e. The van der Waals surface area contributed by atoms with Crippen LogP contribution in [0.15, 0.2) is 23.1 Å². The first-order valence-electron chi connectivity index (χ1n) is 3.99. The Labute approximate surface area is 86.5 Å². The van der Waals surface area contributed by atoms with Crippen LogP contribution in [0.4, 0.5) is 5.69 Å². The molecule has 0 aliphatic heterocycles. The Morgan fingerprint density at radius 1 is 1.57 bits per heavy atom. The number of aldehydes is 1. The fourth-order valence-corrected chi connectivity index (χ4v) is 1.36. The Morgan fingerprint density at radius 2 is 2.21 bits per heavy atom. The van der Waals surface area contributed by atoms with Gasteiger partial charge in [-0.05, 0) is 12.1 Å². The molecule has 0 saturated heterocycles. The van der Waals surface area contributed by atoms with Crippen molar-refractivity contribution in [1.82, 2.24) is 0 Å². The topological polar surface area (TPSA) is 60.2 Å². The van der Waals surface area contributed by atoms with Gasteiger partial charge in [-0.15, -0.1) is 12.6 Å². The highest BCUT2D eigenvalue weighted by molar-refractivity contribution is 7.80. The molecule has 4 nitrogen and oxygen atoms in total. The zero-order valence-corrected chi connectivity index (χ0v) is 8.40. The fraction of sp³-hybridized carbons (Fsp3) is 0.222. The zero-order valence-electron chi connectivity index (χ0n) is 7.51. The molecule has 74 valence electrons. The second-order valence-electron chi connectivity index (χ2n) is 2.92. The molecule has 14 heavy (non-hydrogen) atoms. The molecule has 0 saturated carbocycles. The van der Waals surface area contributed by atoms with Gasteiger partial charge in [0.1, 0.15) is 6.29 Å². The van der Waals surface area contributed by atoms with Gasteiger partial charge in [0, 0.05) is 22.4 Å². The maximum Gasteiger partial charge on any atom is 0.273 e. The van der Waals surface area contributed by atoms with Crippen molar-refractivity contribution >= 4 is 24.6 Å². The van der Waals surface area contributed by atoms with Crippen LogP contribution in [-0.4, -0.2) is 11.2 Å². The lowest BCUT2D eigenvalue weighted by Gasteiger charge is -2.05. The van der Waals surface area contributed by atoms with E-state index in [1.165, 1.54) is 12.1 Å². The van der Waals surface area contributed by atoms with Crippen LogP contribution < -0.4 is 0 Å². The molecule has 0 heterocycles. The van der Waals surface area contributed by atoms with Crippen LogP contribution in [0.2, 0.25) is 0 Å². The molecule has 1 aromatic rings. The van der Waals surface area contributed by atoms with Crippen LogP contribution in [0.1, 0.15) is 18.4 Å². The zero-order chi connectivity index (χ0) is 10.7. The molecule has 1 rings (SSSR count). The first-order chi connectivity index (χ1) is 6.56. The van der Waals surface area contributed by atoms with Gasteiger partial charge in [0.2, 0.25) is 0 Å². The van der Waals surface area contributed by atoms with Crippen molar-refractivity contribution in [2.75, 3.05) is 0 Å². The van der Waals surface area contributed by atoms with Crippen LogP contribution in [0.5, 0.6) is 0 Å². The molecule has 0 bridgehead atoms. The summed E-state index contributed by atoms with van der Waals surface area (Å²) in [5, 5.41) is 10.6. The van der Waals surface area contributed by atoms with Crippen molar-refractivity contribution in [2.24, 2.45) is 0 Å². The Balaban J connectivity index is 3.29. The van der Waals surface area contributed by atoms with E-state index in [0.717, 1.165) is 0 Å². The molecule has 0 N–H and O–H groups in total. The SMILES string of the molecule is CC(C=O)c1cc(S)ccc1[N+](=O)[O-]. The van der Waals surface area contributed by atoms with E-state index in [1.54, 1.807) is 13.0 Å². The maximum absolute atomic E-state index is 10.6. The number of hydrogen-bond acceptors (Lipinski definition) is 4. The van der Waals surface area contributed by atoms with Crippen LogP contribution in [-0.2, 0) is 4.79 Å². The molecule has 0 radical (unpaired) electrons. The number of hydrogen-bond donors (Lipinski definition) is 1. The Kier molecular flexibility index (Phi) is 3.24. The molecule has 1 atom stereocenters. The minimum Gasteiger partial charge on any atom is -0.303 e. The molecule has 0 spiro atoms. The van der Waals surface area contributed by atoms with Gasteiger partial charge in [0.15, 0.2) is 0 Å². The fourth-order valence-electron chi connectivity index (χ4n) is 1.15. The van der Waals surface area contributed by atoms with Crippen LogP contribution in [0.25, 0.3) is 0 Å². The van der Waals surface area contributed by atoms with Gasteiger partial charge in [0.05, 0.1) is 4.92 Å². The lowest BCUT2D eigenvalue weighted by Crippen LogP contribution is -2.00. The average Bonchev–Trinajstić information content (AvgIpc) is 2.16. The highest BCUT2D eigenvalue weighted by Gasteiger charge is 2.18. The number of rotatable bonds is 3. The third-order valence-corrected chi connectivity index (χ3v) is 2.18. The summed E-state index contributed by atoms with van der Waals surface area (Å²) in [6, 6.07) is 4.43. The van der Waals surface area contributed by atoms with Gasteiger partial charge in [-0.25, -0.2) is 0 Å². The van der Waals surface area contributed by atoms with Crippen molar-refractivity contribution < 1.29 is 9.72 Å². The summed E-state index contributed by atoms with van der Waals surface area (Å²) in [4.78, 5) is 21.3. The van der Waals surface area contributed by atoms with Crippen molar-refractivity contribution in [3.63, 3.8) is 0 Å². The Bertz CT molecular complexity index is 378. The van der Waals surface area contributed by atoms with Crippen molar-refractivity contribution in [2.45, 2.75) is 17.7 Å². The van der Waals surface area contributed by atoms with Crippen LogP contribution in [0.3, 0.4) is 0 Å². The van der Waals surface area contributed by atoms with E-state index >= 15 is 0 Å². The Morgan fingerprint density at radius 3 is 2.71 bits per heavy atom. The van der Waals surface area contributed by atoms with Crippen molar-refractivity contribution in [3.05, 3.63) is 33.9 Å². The van der Waals surface area contributed by atoms with E-state index in [2.05, 4.69) is 12.6 Å². The van der Waals surface area contributed by atoms with Crippen molar-refractivity contribution in [1.29, 1.82) is 0 Å². The first-order valence-corrected chi connectivity index (χ1v) is 4.43. The van der Waals surface area contributed by atoms with E-state index in [1.807, 2.05) is 0 Å². The van der Waals surface area contributed by atoms with Crippen LogP contribution in [0, 0.1) is 10.1 Å². The predicted molar refractivity (Wildman–Crippen MR) is 54.8 cm³/mol. The van der Waals surface area contributed by atoms with Crippen molar-refractivity contribution in [3.8, 4) is 0 Å². The number of nitro benzene ring substituents is 1. The minimum absolute atomic E-state index is 0.0394. The van der Waals surface area contributed by atoms with Gasteiger partial charge < -0.3 is 4.79 Å². The highest BCUT2D eigenvalue weighted by atomic mass is 32.1. The quantitative estimate of drug-likeness (QED) is 0.361. The molecule has 5 heteroatoms. The normalized spacial score (nSPS) is 12.1. The summed E-state index contributed by atoms with van der Waals surface area (Å²) in [5.74, 6) is -0.484. The predicted octanol–water partition coefficient (Wildman–Crippen LogP) is 2.19. The molecule has 0 fully saturated rings. The molecular weight excluding hydrogens is 202 g/mol. The van der Waals surface area contributed by atoms with Gasteiger partial charge in [-0.2, -0.15) is 0 Å². The monoisotopic (exact) mass is 211 g/mol. The number of benzene rings is 1. The Hall–Kier alpha value is -1.36. The summed E-state index contributed by atoms with van der Waals surface area (Å²) in [6.07, 6.45) is 0.676. The third kappa shape index (κ3) is 2.11. The smallest absolute Gasteiger partial charge is 0.273 e. The first kappa shape index (κ1) is 10.7.